The summed E-state index contributed by atoms with van der Waals surface area (Å²) >= 11 is 0. The molecule has 0 saturated carbocycles. The molecule has 240 valence electrons. The van der Waals surface area contributed by atoms with Gasteiger partial charge < -0.3 is 25.7 Å². The van der Waals surface area contributed by atoms with Crippen molar-refractivity contribution < 1.29 is 44.5 Å². The van der Waals surface area contributed by atoms with Gasteiger partial charge in [-0.3, -0.25) is 48.9 Å². The number of nitrogens with one attached hydrogen (secondary N) is 1. The van der Waals surface area contributed by atoms with Gasteiger partial charge in [-0.05, 0) is 24.8 Å². The molecule has 1 unspecified atom stereocenters. The highest BCUT2D eigenvalue weighted by Crippen LogP contribution is 2.14. The molecular formula is C27H42N6O10. The standard InChI is InChI=1S/C27H42N6O10/c34-24(35)16-28-22(3-1-2-21-4-6-23(7-5-21)33(42)43)17-29-8-10-30(18-25(36)37)12-14-32(20-27(40)41)15-13-31(11-9-29)19-26(38)39/h4-7,22,28H,1-3,8-20H2,(H,34,35)(H,36,37)(H,38,39)(H,40,41). The van der Waals surface area contributed by atoms with Gasteiger partial charge in [-0.1, -0.05) is 12.1 Å². The van der Waals surface area contributed by atoms with Crippen LogP contribution in [0.25, 0.3) is 0 Å². The first kappa shape index (κ1) is 35.5. The predicted molar refractivity (Wildman–Crippen MR) is 154 cm³/mol. The van der Waals surface area contributed by atoms with Gasteiger partial charge in [0.1, 0.15) is 0 Å². The van der Waals surface area contributed by atoms with Crippen molar-refractivity contribution in [2.24, 2.45) is 0 Å². The van der Waals surface area contributed by atoms with Crippen LogP contribution in [0.2, 0.25) is 0 Å². The average Bonchev–Trinajstić information content (AvgIpc) is 2.92. The largest absolute Gasteiger partial charge is 0.480 e. The minimum atomic E-state index is -1.03. The second-order valence-electron chi connectivity index (χ2n) is 10.6. The molecule has 16 heteroatoms. The minimum Gasteiger partial charge on any atom is -0.480 e. The van der Waals surface area contributed by atoms with E-state index in [1.807, 2.05) is 0 Å². The minimum absolute atomic E-state index is 0.00327. The Bertz CT molecular complexity index is 1040. The highest BCUT2D eigenvalue weighted by molar-refractivity contribution is 5.70. The van der Waals surface area contributed by atoms with E-state index in [1.54, 1.807) is 26.8 Å². The number of nitro groups is 1. The van der Waals surface area contributed by atoms with Gasteiger partial charge in [-0.15, -0.1) is 0 Å². The fraction of sp³-hybridized carbons (Fsp3) is 0.630. The highest BCUT2D eigenvalue weighted by atomic mass is 16.6. The molecule has 16 nitrogen and oxygen atoms in total. The van der Waals surface area contributed by atoms with Gasteiger partial charge >= 0.3 is 23.9 Å². The lowest BCUT2D eigenvalue weighted by molar-refractivity contribution is -0.384. The molecule has 0 aromatic heterocycles. The Kier molecular flexibility index (Phi) is 15.5. The lowest BCUT2D eigenvalue weighted by Crippen LogP contribution is -2.50. The van der Waals surface area contributed by atoms with Gasteiger partial charge in [0, 0.05) is 77.1 Å². The highest BCUT2D eigenvalue weighted by Gasteiger charge is 2.22. The molecule has 0 amide bonds. The summed E-state index contributed by atoms with van der Waals surface area (Å²) in [5.41, 5.74) is 0.919. The maximum absolute atomic E-state index is 11.5. The molecule has 1 aliphatic rings. The summed E-state index contributed by atoms with van der Waals surface area (Å²) < 4.78 is 0. The quantitative estimate of drug-likeness (QED) is 0.117. The van der Waals surface area contributed by atoms with E-state index in [1.165, 1.54) is 12.1 Å². The van der Waals surface area contributed by atoms with Crippen molar-refractivity contribution in [2.75, 3.05) is 85.1 Å². The van der Waals surface area contributed by atoms with E-state index in [0.29, 0.717) is 78.2 Å². The fourth-order valence-electron chi connectivity index (χ4n) is 4.95. The predicted octanol–water partition coefficient (Wildman–Crippen LogP) is -0.564. The molecule has 1 aromatic rings. The second kappa shape index (κ2) is 18.8. The van der Waals surface area contributed by atoms with Gasteiger partial charge in [-0.25, -0.2) is 0 Å². The van der Waals surface area contributed by atoms with E-state index < -0.39 is 28.8 Å². The summed E-state index contributed by atoms with van der Waals surface area (Å²) in [5.74, 6) is -4.06. The number of hydrogen-bond acceptors (Lipinski definition) is 11. The van der Waals surface area contributed by atoms with Crippen LogP contribution in [-0.2, 0) is 25.6 Å². The van der Waals surface area contributed by atoms with Crippen LogP contribution >= 0.6 is 0 Å². The van der Waals surface area contributed by atoms with Crippen molar-refractivity contribution in [3.63, 3.8) is 0 Å². The van der Waals surface area contributed by atoms with E-state index in [9.17, 15) is 49.7 Å². The summed E-state index contributed by atoms with van der Waals surface area (Å²) in [5, 5.41) is 51.4. The van der Waals surface area contributed by atoms with Crippen LogP contribution in [0.3, 0.4) is 0 Å². The fourth-order valence-corrected chi connectivity index (χ4v) is 4.95. The number of carboxylic acids is 4. The van der Waals surface area contributed by atoms with Gasteiger partial charge in [0.25, 0.3) is 5.69 Å². The maximum Gasteiger partial charge on any atom is 0.317 e. The SMILES string of the molecule is O=C(O)CNC(CCCc1ccc([N+](=O)[O-])cc1)CN1CCN(CC(=O)O)CCN(CC(=O)O)CCN(CC(=O)O)CC1. The molecule has 0 aliphatic carbocycles. The molecule has 0 bridgehead atoms. The van der Waals surface area contributed by atoms with Gasteiger partial charge in [0.15, 0.2) is 0 Å². The Labute approximate surface area is 249 Å². The Morgan fingerprint density at radius 2 is 1.14 bits per heavy atom. The molecule has 1 fully saturated rings. The molecular weight excluding hydrogens is 568 g/mol. The number of carbonyl (C=O) groups is 4. The van der Waals surface area contributed by atoms with E-state index in [-0.39, 0.29) is 37.9 Å². The normalized spacial score (nSPS) is 17.4. The number of nitro benzene ring substituents is 1. The van der Waals surface area contributed by atoms with Crippen molar-refractivity contribution in [3.05, 3.63) is 39.9 Å². The molecule has 1 heterocycles. The maximum atomic E-state index is 11.5. The van der Waals surface area contributed by atoms with Crippen LogP contribution in [-0.4, -0.2) is 160 Å². The van der Waals surface area contributed by atoms with Crippen LogP contribution in [0, 0.1) is 10.1 Å². The topological polar surface area (TPSA) is 217 Å². The van der Waals surface area contributed by atoms with Gasteiger partial charge in [-0.2, -0.15) is 0 Å². The molecule has 5 N–H and O–H groups in total. The third kappa shape index (κ3) is 15.4. The summed E-state index contributed by atoms with van der Waals surface area (Å²) in [7, 11) is 0. The number of rotatable bonds is 16. The zero-order chi connectivity index (χ0) is 31.8. The van der Waals surface area contributed by atoms with E-state index in [2.05, 4.69) is 10.2 Å². The van der Waals surface area contributed by atoms with Crippen molar-refractivity contribution in [2.45, 2.75) is 25.3 Å². The molecule has 0 spiro atoms. The number of non-ortho nitro benzene ring substituents is 1. The van der Waals surface area contributed by atoms with Crippen molar-refractivity contribution in [1.29, 1.82) is 0 Å². The molecule has 1 aliphatic heterocycles. The van der Waals surface area contributed by atoms with Gasteiger partial charge in [0.2, 0.25) is 0 Å². The summed E-state index contributed by atoms with van der Waals surface area (Å²) in [4.78, 5) is 63.4. The summed E-state index contributed by atoms with van der Waals surface area (Å²) in [6.07, 6.45) is 1.91. The van der Waals surface area contributed by atoms with E-state index in [0.717, 1.165) is 5.56 Å². The number of carboxylic acid groups (broad SMARTS) is 4. The molecule has 0 radical (unpaired) electrons. The van der Waals surface area contributed by atoms with Crippen LogP contribution in [0.5, 0.6) is 0 Å². The van der Waals surface area contributed by atoms with Crippen molar-refractivity contribution in [1.82, 2.24) is 24.9 Å². The van der Waals surface area contributed by atoms with E-state index >= 15 is 0 Å². The second-order valence-corrected chi connectivity index (χ2v) is 10.6. The Morgan fingerprint density at radius 1 is 0.721 bits per heavy atom. The van der Waals surface area contributed by atoms with Crippen molar-refractivity contribution >= 4 is 29.6 Å². The lowest BCUT2D eigenvalue weighted by Gasteiger charge is -2.34. The zero-order valence-electron chi connectivity index (χ0n) is 24.2. The molecule has 1 aromatic carbocycles. The molecule has 43 heavy (non-hydrogen) atoms. The van der Waals surface area contributed by atoms with Crippen LogP contribution in [0.4, 0.5) is 5.69 Å². The van der Waals surface area contributed by atoms with Crippen LogP contribution < -0.4 is 5.32 Å². The van der Waals surface area contributed by atoms with Crippen LogP contribution in [0.15, 0.2) is 24.3 Å². The molecule has 2 rings (SSSR count). The Morgan fingerprint density at radius 3 is 1.51 bits per heavy atom. The molecule has 1 atom stereocenters. The Hall–Kier alpha value is -3.70. The number of benzene rings is 1. The third-order valence-electron chi connectivity index (χ3n) is 7.19. The monoisotopic (exact) mass is 610 g/mol. The van der Waals surface area contributed by atoms with Crippen molar-refractivity contribution in [3.8, 4) is 0 Å². The number of hydrogen-bond donors (Lipinski definition) is 5. The number of aliphatic carboxylic acids is 4. The third-order valence-corrected chi connectivity index (χ3v) is 7.19. The van der Waals surface area contributed by atoms with Gasteiger partial charge in [0.05, 0.1) is 31.1 Å². The summed E-state index contributed by atoms with van der Waals surface area (Å²) in [6, 6.07) is 6.03. The lowest BCUT2D eigenvalue weighted by atomic mass is 10.0. The first-order valence-corrected chi connectivity index (χ1v) is 14.1. The summed E-state index contributed by atoms with van der Waals surface area (Å²) in [6.45, 7) is 2.27. The smallest absolute Gasteiger partial charge is 0.317 e. The number of nitrogens with zero attached hydrogens (tertiary/aromatic N) is 5. The van der Waals surface area contributed by atoms with Crippen LogP contribution in [0.1, 0.15) is 18.4 Å². The Balaban J connectivity index is 2.15. The average molecular weight is 611 g/mol. The van der Waals surface area contributed by atoms with E-state index in [4.69, 9.17) is 0 Å². The molecule has 1 saturated heterocycles. The zero-order valence-corrected chi connectivity index (χ0v) is 24.2. The first-order valence-electron chi connectivity index (χ1n) is 14.1. The first-order chi connectivity index (χ1) is 20.4. The number of aryl methyl sites for hydroxylation is 1.